The Balaban J connectivity index is 1.30. The Labute approximate surface area is 224 Å². The molecular formula is C30H36N6O2. The van der Waals surface area contributed by atoms with Gasteiger partial charge >= 0.3 is 6.03 Å². The van der Waals surface area contributed by atoms with E-state index in [9.17, 15) is 9.59 Å². The predicted molar refractivity (Wildman–Crippen MR) is 153 cm³/mol. The summed E-state index contributed by atoms with van der Waals surface area (Å²) in [6.45, 7) is 6.30. The van der Waals surface area contributed by atoms with Gasteiger partial charge in [-0.2, -0.15) is 0 Å². The van der Waals surface area contributed by atoms with Crippen LogP contribution in [0.4, 0.5) is 27.5 Å². The zero-order valence-corrected chi connectivity index (χ0v) is 22.6. The van der Waals surface area contributed by atoms with E-state index in [0.29, 0.717) is 5.56 Å². The average Bonchev–Trinajstić information content (AvgIpc) is 3.06. The summed E-state index contributed by atoms with van der Waals surface area (Å²) in [5.41, 5.74) is 7.29. The molecule has 0 atom stereocenters. The van der Waals surface area contributed by atoms with Crippen molar-refractivity contribution >= 4 is 34.7 Å². The molecule has 3 amide bonds. The van der Waals surface area contributed by atoms with Crippen LogP contribution in [0, 0.1) is 13.8 Å². The number of fused-ring (bicyclic) bond motifs is 1. The van der Waals surface area contributed by atoms with Gasteiger partial charge in [0.05, 0.1) is 11.3 Å². The van der Waals surface area contributed by atoms with Gasteiger partial charge in [0.15, 0.2) is 0 Å². The van der Waals surface area contributed by atoms with Crippen LogP contribution in [0.2, 0.25) is 0 Å². The number of carbonyl (C=O) groups excluding carboxylic acids is 2. The third-order valence-electron chi connectivity index (χ3n) is 7.41. The molecule has 38 heavy (non-hydrogen) atoms. The summed E-state index contributed by atoms with van der Waals surface area (Å²) in [7, 11) is 3.55. The van der Waals surface area contributed by atoms with Crippen molar-refractivity contribution in [3.05, 3.63) is 77.1 Å². The van der Waals surface area contributed by atoms with Crippen molar-refractivity contribution in [2.45, 2.75) is 39.2 Å². The van der Waals surface area contributed by atoms with Crippen LogP contribution < -0.4 is 15.5 Å². The number of nitrogens with zero attached hydrogens (tertiary/aromatic N) is 4. The smallest absolute Gasteiger partial charge is 0.322 e. The molecule has 3 aromatic rings. The number of hydrogen-bond acceptors (Lipinski definition) is 5. The van der Waals surface area contributed by atoms with Crippen molar-refractivity contribution < 1.29 is 9.59 Å². The molecule has 8 heteroatoms. The van der Waals surface area contributed by atoms with E-state index in [4.69, 9.17) is 0 Å². The molecule has 5 rings (SSSR count). The van der Waals surface area contributed by atoms with E-state index in [1.54, 1.807) is 19.0 Å². The number of urea groups is 1. The zero-order valence-electron chi connectivity index (χ0n) is 22.6. The van der Waals surface area contributed by atoms with Crippen molar-refractivity contribution in [2.75, 3.05) is 49.3 Å². The summed E-state index contributed by atoms with van der Waals surface area (Å²) in [4.78, 5) is 36.5. The number of rotatable bonds is 5. The summed E-state index contributed by atoms with van der Waals surface area (Å²) in [6, 6.07) is 18.2. The molecule has 1 fully saturated rings. The van der Waals surface area contributed by atoms with Gasteiger partial charge in [-0.1, -0.05) is 18.2 Å². The summed E-state index contributed by atoms with van der Waals surface area (Å²) in [6.07, 6.45) is 2.63. The topological polar surface area (TPSA) is 80.8 Å². The van der Waals surface area contributed by atoms with Gasteiger partial charge in [0.1, 0.15) is 0 Å². The molecule has 2 N–H and O–H groups in total. The molecule has 2 aliphatic heterocycles. The average molecular weight is 513 g/mol. The van der Waals surface area contributed by atoms with Gasteiger partial charge in [0, 0.05) is 68.2 Å². The van der Waals surface area contributed by atoms with E-state index in [0.717, 1.165) is 73.0 Å². The fraction of sp³-hybridized carbons (Fsp3) is 0.367. The lowest BCUT2D eigenvalue weighted by molar-refractivity contribution is 0.0828. The molecule has 198 valence electrons. The SMILES string of the molecule is Cc1cc(Nc2ccc(N3CCC(N4CCc5ccccc5NC4=O)CC3)cc2C(=O)N(C)C)cc(C)n1. The fourth-order valence-corrected chi connectivity index (χ4v) is 5.49. The second-order valence-electron chi connectivity index (χ2n) is 10.4. The molecule has 2 aromatic carbocycles. The molecular weight excluding hydrogens is 476 g/mol. The number of aryl methyl sites for hydroxylation is 2. The standard InChI is InChI=1S/C30H36N6O2/c1-20-17-23(18-21(2)31-20)32-28-10-9-25(19-26(28)29(37)34(3)4)35-14-12-24(13-15-35)36-16-11-22-7-5-6-8-27(22)33-30(36)38/h5-10,17-19,24H,11-16H2,1-4H3,(H,31,32)(H,33,38). The van der Waals surface area contributed by atoms with E-state index < -0.39 is 0 Å². The number of benzene rings is 2. The second-order valence-corrected chi connectivity index (χ2v) is 10.4. The van der Waals surface area contributed by atoms with E-state index in [2.05, 4.69) is 32.7 Å². The Kier molecular flexibility index (Phi) is 7.22. The molecule has 3 heterocycles. The highest BCUT2D eigenvalue weighted by molar-refractivity contribution is 6.01. The first-order valence-corrected chi connectivity index (χ1v) is 13.3. The van der Waals surface area contributed by atoms with Crippen molar-refractivity contribution in [2.24, 2.45) is 0 Å². The lowest BCUT2D eigenvalue weighted by Gasteiger charge is -2.39. The predicted octanol–water partition coefficient (Wildman–Crippen LogP) is 5.20. The molecule has 1 aromatic heterocycles. The van der Waals surface area contributed by atoms with Gasteiger partial charge in [-0.15, -0.1) is 0 Å². The number of anilines is 4. The molecule has 0 unspecified atom stereocenters. The quantitative estimate of drug-likeness (QED) is 0.491. The normalized spacial score (nSPS) is 15.9. The fourth-order valence-electron chi connectivity index (χ4n) is 5.49. The van der Waals surface area contributed by atoms with Crippen LogP contribution in [-0.4, -0.2) is 66.5 Å². The lowest BCUT2D eigenvalue weighted by atomic mass is 10.0. The molecule has 2 aliphatic rings. The van der Waals surface area contributed by atoms with Crippen LogP contribution in [0.15, 0.2) is 54.6 Å². The third-order valence-corrected chi connectivity index (χ3v) is 7.41. The van der Waals surface area contributed by atoms with Gasteiger partial charge in [-0.05, 0) is 75.1 Å². The summed E-state index contributed by atoms with van der Waals surface area (Å²) in [5, 5.41) is 6.53. The first kappa shape index (κ1) is 25.6. The van der Waals surface area contributed by atoms with Crippen LogP contribution >= 0.6 is 0 Å². The van der Waals surface area contributed by atoms with E-state index >= 15 is 0 Å². The molecule has 8 nitrogen and oxygen atoms in total. The van der Waals surface area contributed by atoms with Crippen LogP contribution in [0.5, 0.6) is 0 Å². The molecule has 0 radical (unpaired) electrons. The molecule has 1 saturated heterocycles. The van der Waals surface area contributed by atoms with Gasteiger partial charge in [-0.25, -0.2) is 4.79 Å². The first-order valence-electron chi connectivity index (χ1n) is 13.3. The number of carbonyl (C=O) groups is 2. The number of piperidine rings is 1. The molecule has 0 aliphatic carbocycles. The maximum Gasteiger partial charge on any atom is 0.322 e. The minimum atomic E-state index is -0.0486. The molecule has 0 bridgehead atoms. The van der Waals surface area contributed by atoms with Crippen LogP contribution in [-0.2, 0) is 6.42 Å². The molecule has 0 spiro atoms. The van der Waals surface area contributed by atoms with Gasteiger partial charge < -0.3 is 25.3 Å². The second kappa shape index (κ2) is 10.7. The lowest BCUT2D eigenvalue weighted by Crippen LogP contribution is -2.49. The summed E-state index contributed by atoms with van der Waals surface area (Å²) in [5.74, 6) is -0.0486. The third kappa shape index (κ3) is 5.44. The number of aromatic nitrogens is 1. The Morgan fingerprint density at radius 3 is 2.42 bits per heavy atom. The number of nitrogens with one attached hydrogen (secondary N) is 2. The number of amides is 3. The van der Waals surface area contributed by atoms with Crippen molar-refractivity contribution in [3.8, 4) is 0 Å². The first-order chi connectivity index (χ1) is 18.3. The van der Waals surface area contributed by atoms with Crippen molar-refractivity contribution in [1.82, 2.24) is 14.8 Å². The number of para-hydroxylation sites is 1. The Hall–Kier alpha value is -4.07. The minimum Gasteiger partial charge on any atom is -0.371 e. The Morgan fingerprint density at radius 1 is 1.00 bits per heavy atom. The highest BCUT2D eigenvalue weighted by Gasteiger charge is 2.30. The maximum atomic E-state index is 13.1. The summed E-state index contributed by atoms with van der Waals surface area (Å²) < 4.78 is 0. The molecule has 0 saturated carbocycles. The van der Waals surface area contributed by atoms with Gasteiger partial charge in [0.2, 0.25) is 0 Å². The summed E-state index contributed by atoms with van der Waals surface area (Å²) >= 11 is 0. The number of hydrogen-bond donors (Lipinski definition) is 2. The van der Waals surface area contributed by atoms with Crippen LogP contribution in [0.25, 0.3) is 0 Å². The highest BCUT2D eigenvalue weighted by Crippen LogP contribution is 2.31. The zero-order chi connectivity index (χ0) is 26.8. The van der Waals surface area contributed by atoms with Crippen molar-refractivity contribution in [3.63, 3.8) is 0 Å². The van der Waals surface area contributed by atoms with Crippen LogP contribution in [0.1, 0.15) is 40.2 Å². The maximum absolute atomic E-state index is 13.1. The Morgan fingerprint density at radius 2 is 1.71 bits per heavy atom. The Bertz CT molecular complexity index is 1330. The van der Waals surface area contributed by atoms with Crippen LogP contribution in [0.3, 0.4) is 0 Å². The van der Waals surface area contributed by atoms with E-state index in [1.165, 1.54) is 5.56 Å². The minimum absolute atomic E-state index is 0.00993. The van der Waals surface area contributed by atoms with Gasteiger partial charge in [-0.3, -0.25) is 9.78 Å². The largest absolute Gasteiger partial charge is 0.371 e. The van der Waals surface area contributed by atoms with E-state index in [-0.39, 0.29) is 18.0 Å². The van der Waals surface area contributed by atoms with Gasteiger partial charge in [0.25, 0.3) is 5.91 Å². The van der Waals surface area contributed by atoms with E-state index in [1.807, 2.05) is 61.2 Å². The van der Waals surface area contributed by atoms with Crippen molar-refractivity contribution in [1.29, 1.82) is 0 Å². The number of pyridine rings is 1. The monoisotopic (exact) mass is 512 g/mol. The highest BCUT2D eigenvalue weighted by atomic mass is 16.2.